The predicted molar refractivity (Wildman–Crippen MR) is 92.8 cm³/mol. The van der Waals surface area contributed by atoms with Gasteiger partial charge in [0.25, 0.3) is 11.8 Å². The van der Waals surface area contributed by atoms with Crippen molar-refractivity contribution in [3.63, 3.8) is 0 Å². The van der Waals surface area contributed by atoms with Crippen LogP contribution >= 0.6 is 0 Å². The zero-order chi connectivity index (χ0) is 17.4. The summed E-state index contributed by atoms with van der Waals surface area (Å²) < 4.78 is 0. The van der Waals surface area contributed by atoms with E-state index >= 15 is 0 Å². The molecule has 0 aliphatic heterocycles. The van der Waals surface area contributed by atoms with Gasteiger partial charge in [-0.15, -0.1) is 0 Å². The second-order valence-corrected chi connectivity index (χ2v) is 4.84. The fraction of sp³-hybridized carbons (Fsp3) is 0.0556. The molecule has 0 fully saturated rings. The number of hydrogen-bond acceptors (Lipinski definition) is 3. The molecule has 0 unspecified atom stereocenters. The number of benzene rings is 2. The molecule has 24 heavy (non-hydrogen) atoms. The number of rotatable bonds is 4. The normalized spacial score (nSPS) is 10.2. The Kier molecular flexibility index (Phi) is 5.85. The van der Waals surface area contributed by atoms with Crippen LogP contribution in [0.2, 0.25) is 0 Å². The average Bonchev–Trinajstić information content (AvgIpc) is 2.56. The molecule has 3 N–H and O–H groups in total. The lowest BCUT2D eigenvalue weighted by molar-refractivity contribution is -0.115. The van der Waals surface area contributed by atoms with Gasteiger partial charge in [0, 0.05) is 16.9 Å². The molecule has 2 rings (SSSR count). The molecular formula is C18H17N3O3. The maximum atomic E-state index is 12.1. The second kappa shape index (κ2) is 8.28. The van der Waals surface area contributed by atoms with Gasteiger partial charge in [-0.25, -0.2) is 4.79 Å². The molecular weight excluding hydrogens is 306 g/mol. The number of allylic oxidation sites excluding steroid dienone is 1. The van der Waals surface area contributed by atoms with Gasteiger partial charge in [-0.3, -0.25) is 14.9 Å². The third-order valence-corrected chi connectivity index (χ3v) is 2.97. The van der Waals surface area contributed by atoms with Gasteiger partial charge in [0.1, 0.15) is 0 Å². The number of anilines is 2. The number of carbonyl (C=O) groups is 3. The zero-order valence-corrected chi connectivity index (χ0v) is 13.1. The smallest absolute Gasteiger partial charge is 0.322 e. The van der Waals surface area contributed by atoms with Gasteiger partial charge >= 0.3 is 6.03 Å². The molecule has 0 radical (unpaired) electrons. The van der Waals surface area contributed by atoms with E-state index in [0.29, 0.717) is 16.9 Å². The highest BCUT2D eigenvalue weighted by Gasteiger charge is 2.08. The Morgan fingerprint density at radius 2 is 1.54 bits per heavy atom. The molecule has 0 aromatic heterocycles. The predicted octanol–water partition coefficient (Wildman–Crippen LogP) is 3.16. The highest BCUT2D eigenvalue weighted by atomic mass is 16.2. The van der Waals surface area contributed by atoms with Gasteiger partial charge in [-0.1, -0.05) is 30.3 Å². The number of hydrogen-bond donors (Lipinski definition) is 3. The Bertz CT molecular complexity index is 770. The Hall–Kier alpha value is -3.41. The van der Waals surface area contributed by atoms with Crippen LogP contribution in [0.1, 0.15) is 17.3 Å². The SMILES string of the molecule is C/C=C/C(=O)NC(=O)Nc1cccc(NC(=O)c2ccccc2)c1. The first-order valence-corrected chi connectivity index (χ1v) is 7.29. The van der Waals surface area contributed by atoms with Gasteiger partial charge in [-0.05, 0) is 43.3 Å². The summed E-state index contributed by atoms with van der Waals surface area (Å²) in [6, 6.07) is 14.8. The van der Waals surface area contributed by atoms with Crippen molar-refractivity contribution in [1.82, 2.24) is 5.32 Å². The number of nitrogens with one attached hydrogen (secondary N) is 3. The van der Waals surface area contributed by atoms with Gasteiger partial charge < -0.3 is 10.6 Å². The average molecular weight is 323 g/mol. The van der Waals surface area contributed by atoms with Crippen LogP contribution in [0, 0.1) is 0 Å². The molecule has 0 aliphatic carbocycles. The number of imide groups is 1. The molecule has 6 heteroatoms. The summed E-state index contributed by atoms with van der Waals surface area (Å²) in [6.45, 7) is 1.68. The maximum absolute atomic E-state index is 12.1. The standard InChI is InChI=1S/C18H17N3O3/c1-2-7-16(22)21-18(24)20-15-11-6-10-14(12-15)19-17(23)13-8-4-3-5-9-13/h2-12H,1H3,(H,19,23)(H2,20,21,22,24)/b7-2+. The monoisotopic (exact) mass is 323 g/mol. The Morgan fingerprint density at radius 3 is 2.21 bits per heavy atom. The fourth-order valence-electron chi connectivity index (χ4n) is 1.93. The summed E-state index contributed by atoms with van der Waals surface area (Å²) in [5, 5.41) is 7.43. The molecule has 0 spiro atoms. The fourth-order valence-corrected chi connectivity index (χ4v) is 1.93. The van der Waals surface area contributed by atoms with E-state index in [-0.39, 0.29) is 5.91 Å². The summed E-state index contributed by atoms with van der Waals surface area (Å²) in [4.78, 5) is 35.1. The first kappa shape index (κ1) is 17.0. The third-order valence-electron chi connectivity index (χ3n) is 2.97. The molecule has 2 aromatic carbocycles. The van der Waals surface area contributed by atoms with E-state index in [4.69, 9.17) is 0 Å². The topological polar surface area (TPSA) is 87.3 Å². The maximum Gasteiger partial charge on any atom is 0.326 e. The minimum absolute atomic E-state index is 0.250. The van der Waals surface area contributed by atoms with Crippen LogP contribution in [-0.4, -0.2) is 17.8 Å². The van der Waals surface area contributed by atoms with Crippen molar-refractivity contribution < 1.29 is 14.4 Å². The van der Waals surface area contributed by atoms with Crippen LogP contribution in [0.15, 0.2) is 66.7 Å². The van der Waals surface area contributed by atoms with Crippen LogP contribution in [0.25, 0.3) is 0 Å². The molecule has 6 nitrogen and oxygen atoms in total. The van der Waals surface area contributed by atoms with Crippen molar-refractivity contribution in [3.05, 3.63) is 72.3 Å². The summed E-state index contributed by atoms with van der Waals surface area (Å²) >= 11 is 0. The molecule has 0 atom stereocenters. The van der Waals surface area contributed by atoms with E-state index in [2.05, 4.69) is 16.0 Å². The van der Waals surface area contributed by atoms with E-state index in [1.165, 1.54) is 12.2 Å². The largest absolute Gasteiger partial charge is 0.326 e. The number of urea groups is 1. The van der Waals surface area contributed by atoms with Crippen LogP contribution in [-0.2, 0) is 4.79 Å². The van der Waals surface area contributed by atoms with Crippen LogP contribution < -0.4 is 16.0 Å². The second-order valence-electron chi connectivity index (χ2n) is 4.84. The van der Waals surface area contributed by atoms with Gasteiger partial charge in [0.15, 0.2) is 0 Å². The lowest BCUT2D eigenvalue weighted by Crippen LogP contribution is -2.33. The van der Waals surface area contributed by atoms with Crippen molar-refractivity contribution in [2.75, 3.05) is 10.6 Å². The van der Waals surface area contributed by atoms with Crippen LogP contribution in [0.4, 0.5) is 16.2 Å². The van der Waals surface area contributed by atoms with E-state index in [1.54, 1.807) is 55.5 Å². The summed E-state index contributed by atoms with van der Waals surface area (Å²) in [5.41, 5.74) is 1.51. The van der Waals surface area contributed by atoms with E-state index in [1.807, 2.05) is 6.07 Å². The Morgan fingerprint density at radius 1 is 0.875 bits per heavy atom. The van der Waals surface area contributed by atoms with E-state index < -0.39 is 11.9 Å². The third kappa shape index (κ3) is 5.10. The van der Waals surface area contributed by atoms with E-state index in [9.17, 15) is 14.4 Å². The Balaban J connectivity index is 2.00. The van der Waals surface area contributed by atoms with Crippen molar-refractivity contribution in [3.8, 4) is 0 Å². The van der Waals surface area contributed by atoms with Crippen LogP contribution in [0.5, 0.6) is 0 Å². The minimum atomic E-state index is -0.648. The summed E-state index contributed by atoms with van der Waals surface area (Å²) in [6.07, 6.45) is 2.78. The quantitative estimate of drug-likeness (QED) is 0.755. The van der Waals surface area contributed by atoms with Crippen molar-refractivity contribution in [1.29, 1.82) is 0 Å². The molecule has 0 aliphatic rings. The summed E-state index contributed by atoms with van der Waals surface area (Å²) in [7, 11) is 0. The summed E-state index contributed by atoms with van der Waals surface area (Å²) in [5.74, 6) is -0.760. The minimum Gasteiger partial charge on any atom is -0.322 e. The molecule has 0 bridgehead atoms. The number of carbonyl (C=O) groups excluding carboxylic acids is 3. The number of amides is 4. The molecule has 0 saturated heterocycles. The van der Waals surface area contributed by atoms with Gasteiger partial charge in [-0.2, -0.15) is 0 Å². The highest BCUT2D eigenvalue weighted by molar-refractivity contribution is 6.06. The van der Waals surface area contributed by atoms with Crippen molar-refractivity contribution >= 4 is 29.2 Å². The van der Waals surface area contributed by atoms with Crippen molar-refractivity contribution in [2.24, 2.45) is 0 Å². The van der Waals surface area contributed by atoms with Gasteiger partial charge in [0.05, 0.1) is 0 Å². The molecule has 0 saturated carbocycles. The molecule has 4 amide bonds. The van der Waals surface area contributed by atoms with Crippen molar-refractivity contribution in [2.45, 2.75) is 6.92 Å². The highest BCUT2D eigenvalue weighted by Crippen LogP contribution is 2.16. The molecule has 0 heterocycles. The Labute approximate surface area is 139 Å². The zero-order valence-electron chi connectivity index (χ0n) is 13.1. The first-order chi connectivity index (χ1) is 11.6. The van der Waals surface area contributed by atoms with E-state index in [0.717, 1.165) is 0 Å². The molecule has 122 valence electrons. The lowest BCUT2D eigenvalue weighted by atomic mass is 10.2. The van der Waals surface area contributed by atoms with Crippen LogP contribution in [0.3, 0.4) is 0 Å². The lowest BCUT2D eigenvalue weighted by Gasteiger charge is -2.09. The van der Waals surface area contributed by atoms with Gasteiger partial charge in [0.2, 0.25) is 0 Å². The first-order valence-electron chi connectivity index (χ1n) is 7.29. The molecule has 2 aromatic rings.